The first-order chi connectivity index (χ1) is 31.5. The molecule has 5 aromatic rings. The van der Waals surface area contributed by atoms with Crippen molar-refractivity contribution in [3.63, 3.8) is 0 Å². The molecule has 0 radical (unpaired) electrons. The minimum Gasteiger partial charge on any atom is -0.484 e. The van der Waals surface area contributed by atoms with E-state index >= 15 is 8.63 Å². The molecule has 3 amide bonds. The fourth-order valence-corrected chi connectivity index (χ4v) is 8.69. The Morgan fingerprint density at radius 3 is 2.54 bits per heavy atom. The summed E-state index contributed by atoms with van der Waals surface area (Å²) in [5, 5.41) is 34.4. The highest BCUT2D eigenvalue weighted by Gasteiger charge is 2.52. The number of likely N-dealkylation sites (N-methyl/N-ethyl adjacent to an activating group) is 1. The van der Waals surface area contributed by atoms with Crippen LogP contribution in [0.4, 0.5) is 14.4 Å². The van der Waals surface area contributed by atoms with Crippen LogP contribution in [-0.4, -0.2) is 120 Å². The number of fused-ring (bicyclic) bond motifs is 3. The van der Waals surface area contributed by atoms with Crippen LogP contribution in [0.1, 0.15) is 67.1 Å². The van der Waals surface area contributed by atoms with Gasteiger partial charge < -0.3 is 58.5 Å². The normalized spacial score (nSPS) is 19.6. The molecule has 0 spiro atoms. The number of unbranched alkanes of at least 4 members (excludes halogenated alkanes) is 2. The van der Waals surface area contributed by atoms with Gasteiger partial charge >= 0.3 is 6.97 Å². The van der Waals surface area contributed by atoms with Gasteiger partial charge in [-0.25, -0.2) is 15.0 Å². The number of nitrogens with one attached hydrogen (secondary N) is 4. The number of aliphatic hydroxyl groups excluding tert-OH is 2. The summed E-state index contributed by atoms with van der Waals surface area (Å²) in [6.45, 7) is -0.852. The van der Waals surface area contributed by atoms with E-state index in [0.717, 1.165) is 25.8 Å². The molecule has 6 N–H and O–H groups in total. The maximum atomic E-state index is 16.1. The van der Waals surface area contributed by atoms with Crippen molar-refractivity contribution < 1.29 is 47.2 Å². The molecule has 7 heterocycles. The highest BCUT2D eigenvalue weighted by molar-refractivity contribution is 7.12. The lowest BCUT2D eigenvalue weighted by Gasteiger charge is -2.30. The van der Waals surface area contributed by atoms with E-state index in [4.69, 9.17) is 9.47 Å². The first kappa shape index (κ1) is 45.0. The van der Waals surface area contributed by atoms with Crippen molar-refractivity contribution in [1.29, 1.82) is 0 Å². The summed E-state index contributed by atoms with van der Waals surface area (Å²) in [5.41, 5.74) is 3.31. The molecule has 1 saturated heterocycles. The zero-order chi connectivity index (χ0) is 45.5. The zero-order valence-electron chi connectivity index (χ0n) is 35.5. The summed E-state index contributed by atoms with van der Waals surface area (Å²) in [7, 11) is 0. The zero-order valence-corrected chi connectivity index (χ0v) is 36.3. The molecule has 0 aliphatic carbocycles. The van der Waals surface area contributed by atoms with Crippen LogP contribution in [0.25, 0.3) is 29.4 Å². The summed E-state index contributed by atoms with van der Waals surface area (Å²) < 4.78 is 47.2. The number of anilines is 1. The second-order valence-electron chi connectivity index (χ2n) is 15.6. The maximum absolute atomic E-state index is 16.1. The minimum atomic E-state index is -4.13. The lowest BCUT2D eigenvalue weighted by atomic mass is 9.90. The minimum absolute atomic E-state index is 0.0699. The number of allylic oxidation sites excluding steroid dienone is 2. The van der Waals surface area contributed by atoms with Gasteiger partial charge in [-0.2, -0.15) is 0 Å². The average molecular weight is 911 g/mol. The average Bonchev–Trinajstić information content (AvgIpc) is 4.16. The summed E-state index contributed by atoms with van der Waals surface area (Å²) in [6, 6.07) is 14.1. The van der Waals surface area contributed by atoms with Crippen LogP contribution in [0.2, 0.25) is 0 Å². The van der Waals surface area contributed by atoms with E-state index in [1.165, 1.54) is 28.6 Å². The first-order valence-electron chi connectivity index (χ1n) is 21.5. The van der Waals surface area contributed by atoms with Crippen LogP contribution < -0.4 is 26.0 Å². The number of benzene rings is 1. The predicted octanol–water partition coefficient (Wildman–Crippen LogP) is 3.94. The van der Waals surface area contributed by atoms with Gasteiger partial charge in [0.15, 0.2) is 47.3 Å². The Balaban J connectivity index is 0.691. The number of nitrogens with zero attached hydrogens (tertiary/aromatic N) is 6. The summed E-state index contributed by atoms with van der Waals surface area (Å²) in [5.74, 6) is 0.0731. The molecule has 3 aliphatic rings. The van der Waals surface area contributed by atoms with Crippen molar-refractivity contribution in [2.24, 2.45) is 0 Å². The standard InChI is InChI=1S/C44H49BF2N10O7S/c1-2-48-43(62)40-38(60)39(61)44(64-40)55-27-54-37-41(52-26-53-42(37)55)51-22-7-21-49-35(58)9-4-3-5-20-50-36(59)25-63-32-17-11-28(12-18-32)10-13-29-14-15-30-24-31-16-19-33(34-8-6-23-65-34)57(31)45(46,47)56(29)30/h6,8,10-19,23-24,26-27,38-40,44,60-61H,2-5,7,9,20-22,25H2,1H3,(H,48,62)(H,49,58)(H,50,59)(H,51,52,53)/b13-10+. The molecule has 65 heavy (non-hydrogen) atoms. The van der Waals surface area contributed by atoms with E-state index in [9.17, 15) is 24.6 Å². The first-order valence-corrected chi connectivity index (χ1v) is 22.4. The largest absolute Gasteiger partial charge is 0.737 e. The smallest absolute Gasteiger partial charge is 0.484 e. The fourth-order valence-electron chi connectivity index (χ4n) is 7.94. The van der Waals surface area contributed by atoms with E-state index < -0.39 is 37.4 Å². The Morgan fingerprint density at radius 1 is 0.923 bits per heavy atom. The summed E-state index contributed by atoms with van der Waals surface area (Å²) >= 11 is 1.42. The lowest BCUT2D eigenvalue weighted by Crippen LogP contribution is -2.50. The Hall–Kier alpha value is -6.55. The van der Waals surface area contributed by atoms with Gasteiger partial charge in [0, 0.05) is 62.2 Å². The number of aliphatic hydroxyl groups is 2. The maximum Gasteiger partial charge on any atom is 0.737 e. The molecule has 17 nitrogen and oxygen atoms in total. The topological polar surface area (TPSA) is 210 Å². The second-order valence-corrected chi connectivity index (χ2v) is 16.6. The molecule has 0 saturated carbocycles. The van der Waals surface area contributed by atoms with E-state index in [1.54, 1.807) is 73.7 Å². The van der Waals surface area contributed by atoms with Gasteiger partial charge in [0.05, 0.1) is 11.2 Å². The van der Waals surface area contributed by atoms with Gasteiger partial charge in [-0.3, -0.25) is 19.0 Å². The van der Waals surface area contributed by atoms with E-state index in [2.05, 4.69) is 36.2 Å². The Kier molecular flexibility index (Phi) is 13.9. The molecule has 1 fully saturated rings. The van der Waals surface area contributed by atoms with Crippen LogP contribution in [0.15, 0.2) is 84.4 Å². The molecule has 4 aromatic heterocycles. The molecule has 8 rings (SSSR count). The predicted molar refractivity (Wildman–Crippen MR) is 242 cm³/mol. The number of carbonyl (C=O) groups excluding carboxylic acids is 3. The van der Waals surface area contributed by atoms with E-state index in [-0.39, 0.29) is 18.4 Å². The van der Waals surface area contributed by atoms with E-state index in [1.807, 2.05) is 17.5 Å². The summed E-state index contributed by atoms with van der Waals surface area (Å²) in [6.07, 6.45) is 9.35. The third-order valence-electron chi connectivity index (χ3n) is 11.2. The molecule has 340 valence electrons. The van der Waals surface area contributed by atoms with Crippen LogP contribution in [-0.2, 0) is 19.1 Å². The van der Waals surface area contributed by atoms with Gasteiger partial charge in [0.25, 0.3) is 11.8 Å². The van der Waals surface area contributed by atoms with Crippen molar-refractivity contribution in [3.8, 4) is 5.75 Å². The van der Waals surface area contributed by atoms with Crippen molar-refractivity contribution in [3.05, 3.63) is 106 Å². The van der Waals surface area contributed by atoms with Gasteiger partial charge in [0.1, 0.15) is 24.3 Å². The van der Waals surface area contributed by atoms with Gasteiger partial charge in [-0.15, -0.1) is 11.3 Å². The third-order valence-corrected chi connectivity index (χ3v) is 12.1. The van der Waals surface area contributed by atoms with Crippen molar-refractivity contribution in [1.82, 2.24) is 39.9 Å². The molecule has 0 bridgehead atoms. The van der Waals surface area contributed by atoms with Crippen LogP contribution in [0.5, 0.6) is 5.75 Å². The number of thiophene rings is 1. The molecule has 21 heteroatoms. The number of amides is 3. The molecule has 4 atom stereocenters. The van der Waals surface area contributed by atoms with Crippen LogP contribution in [0.3, 0.4) is 0 Å². The van der Waals surface area contributed by atoms with Crippen LogP contribution >= 0.6 is 11.3 Å². The van der Waals surface area contributed by atoms with Crippen molar-refractivity contribution in [2.45, 2.75) is 63.6 Å². The number of rotatable bonds is 20. The van der Waals surface area contributed by atoms with E-state index in [0.29, 0.717) is 97.4 Å². The van der Waals surface area contributed by atoms with Gasteiger partial charge in [-0.1, -0.05) is 30.7 Å². The molecule has 1 aromatic carbocycles. The number of carbonyl (C=O) groups is 3. The number of hydrogen-bond donors (Lipinski definition) is 6. The molecule has 4 unspecified atom stereocenters. The highest BCUT2D eigenvalue weighted by atomic mass is 32.1. The number of hydrogen-bond acceptors (Lipinski definition) is 12. The van der Waals surface area contributed by atoms with Crippen LogP contribution in [0, 0.1) is 0 Å². The SMILES string of the molecule is CCNC(=O)C1OC(n2cnc3c(NCCCNC(=O)CCCCCNC(=O)COc4ccc(/C=C/c5ccc6n5[B-](F)(F)[N+]5=C(c7cccs7)C=CC5=C6)cc4)ncnc32)C(O)C1O. The Morgan fingerprint density at radius 2 is 1.74 bits per heavy atom. The second kappa shape index (κ2) is 20.1. The van der Waals surface area contributed by atoms with Gasteiger partial charge in [-0.05, 0) is 73.5 Å². The Bertz CT molecular complexity index is 2650. The number of ether oxygens (including phenoxy) is 2. The lowest BCUT2D eigenvalue weighted by molar-refractivity contribution is -0.360. The monoisotopic (exact) mass is 910 g/mol. The Labute approximate surface area is 376 Å². The van der Waals surface area contributed by atoms with Crippen molar-refractivity contribution in [2.75, 3.05) is 38.1 Å². The molecule has 3 aliphatic heterocycles. The summed E-state index contributed by atoms with van der Waals surface area (Å²) in [4.78, 5) is 50.7. The number of halogens is 2. The quantitative estimate of drug-likeness (QED) is 0.0487. The number of imidazole rings is 1. The molecular weight excluding hydrogens is 861 g/mol. The van der Waals surface area contributed by atoms with Gasteiger partial charge in [0.2, 0.25) is 5.91 Å². The highest BCUT2D eigenvalue weighted by Crippen LogP contribution is 2.35. The fraction of sp³-hybridized carbons (Fsp3) is 0.341. The third kappa shape index (κ3) is 9.92. The number of aromatic nitrogens is 5. The van der Waals surface area contributed by atoms with Crippen molar-refractivity contribution >= 4 is 76.9 Å². The molecular formula is C44H49BF2N10O7S.